The third-order valence-electron chi connectivity index (χ3n) is 3.05. The number of rotatable bonds is 4. The van der Waals surface area contributed by atoms with Crippen molar-refractivity contribution < 1.29 is 14.6 Å². The van der Waals surface area contributed by atoms with E-state index in [0.717, 1.165) is 11.3 Å². The van der Waals surface area contributed by atoms with Gasteiger partial charge in [-0.2, -0.15) is 0 Å². The number of methoxy groups -OCH3 is 1. The molecule has 1 aromatic carbocycles. The van der Waals surface area contributed by atoms with Crippen molar-refractivity contribution in [3.8, 4) is 5.75 Å². The van der Waals surface area contributed by atoms with Crippen LogP contribution in [-0.4, -0.2) is 23.6 Å². The van der Waals surface area contributed by atoms with Gasteiger partial charge in [-0.3, -0.25) is 4.79 Å². The number of hydrogen-bond acceptors (Lipinski definition) is 3. The maximum atomic E-state index is 12.1. The minimum Gasteiger partial charge on any atom is -0.497 e. The van der Waals surface area contributed by atoms with Gasteiger partial charge in [0.05, 0.1) is 7.11 Å². The minimum absolute atomic E-state index is 0.187. The van der Waals surface area contributed by atoms with Crippen molar-refractivity contribution in [2.75, 3.05) is 7.11 Å². The van der Waals surface area contributed by atoms with Gasteiger partial charge in [-0.15, -0.1) is 0 Å². The summed E-state index contributed by atoms with van der Waals surface area (Å²) in [6.07, 6.45) is 7.45. The van der Waals surface area contributed by atoms with Crippen LogP contribution in [0.2, 0.25) is 0 Å². The maximum Gasteiger partial charge on any atom is 0.172 e. The van der Waals surface area contributed by atoms with Crippen LogP contribution in [0.4, 0.5) is 0 Å². The normalized spacial score (nSPS) is 21.9. The highest BCUT2D eigenvalue weighted by Crippen LogP contribution is 2.21. The largest absolute Gasteiger partial charge is 0.497 e. The summed E-state index contributed by atoms with van der Waals surface area (Å²) in [5.74, 6) is 0.568. The first-order chi connectivity index (χ1) is 8.64. The van der Waals surface area contributed by atoms with Gasteiger partial charge in [-0.05, 0) is 23.8 Å². The summed E-state index contributed by atoms with van der Waals surface area (Å²) in [6.45, 7) is 0. The Morgan fingerprint density at radius 2 is 2.06 bits per heavy atom. The Kier molecular flexibility index (Phi) is 3.63. The van der Waals surface area contributed by atoms with E-state index in [1.54, 1.807) is 25.3 Å². The van der Waals surface area contributed by atoms with Crippen molar-refractivity contribution >= 4 is 5.78 Å². The second kappa shape index (κ2) is 5.19. The molecule has 1 atom stereocenters. The Labute approximate surface area is 106 Å². The molecule has 0 heterocycles. The number of carbonyl (C=O) groups is 1. The van der Waals surface area contributed by atoms with E-state index in [2.05, 4.69) is 0 Å². The van der Waals surface area contributed by atoms with E-state index in [0.29, 0.717) is 6.42 Å². The molecule has 0 radical (unpaired) electrons. The molecule has 0 saturated carbocycles. The molecule has 0 amide bonds. The molecule has 18 heavy (non-hydrogen) atoms. The molecule has 0 spiro atoms. The average Bonchev–Trinajstić information content (AvgIpc) is 2.40. The topological polar surface area (TPSA) is 46.5 Å². The lowest BCUT2D eigenvalue weighted by Crippen LogP contribution is -2.37. The van der Waals surface area contributed by atoms with Crippen LogP contribution >= 0.6 is 0 Å². The average molecular weight is 244 g/mol. The smallest absolute Gasteiger partial charge is 0.172 e. The number of hydrogen-bond donors (Lipinski definition) is 1. The van der Waals surface area contributed by atoms with Crippen LogP contribution in [0, 0.1) is 0 Å². The highest BCUT2D eigenvalue weighted by atomic mass is 16.5. The highest BCUT2D eigenvalue weighted by molar-refractivity contribution is 5.91. The Morgan fingerprint density at radius 3 is 2.61 bits per heavy atom. The standard InChI is InChI=1S/C15H16O3/c1-18-13-7-5-12(6-8-13)11-14(16)15(17)9-3-2-4-10-15/h2-9,17H,10-11H2,1H3/t15-/m0/s1. The first-order valence-electron chi connectivity index (χ1n) is 5.87. The van der Waals surface area contributed by atoms with Gasteiger partial charge in [0.15, 0.2) is 5.78 Å². The molecule has 1 aliphatic rings. The Balaban J connectivity index is 2.06. The summed E-state index contributed by atoms with van der Waals surface area (Å²) in [6, 6.07) is 7.29. The SMILES string of the molecule is COc1ccc(CC(=O)[C@]2(O)C=CC=CC2)cc1. The van der Waals surface area contributed by atoms with E-state index < -0.39 is 5.60 Å². The molecule has 1 N–H and O–H groups in total. The molecule has 3 heteroatoms. The number of Topliss-reactive ketones (excluding diaryl/α,β-unsaturated/α-hetero) is 1. The molecular formula is C15H16O3. The molecule has 0 bridgehead atoms. The van der Waals surface area contributed by atoms with Crippen molar-refractivity contribution in [2.24, 2.45) is 0 Å². The van der Waals surface area contributed by atoms with Crippen molar-refractivity contribution in [3.05, 3.63) is 54.1 Å². The molecule has 2 rings (SSSR count). The van der Waals surface area contributed by atoms with E-state index in [9.17, 15) is 9.90 Å². The molecular weight excluding hydrogens is 228 g/mol. The van der Waals surface area contributed by atoms with Gasteiger partial charge in [-0.1, -0.05) is 30.4 Å². The predicted octanol–water partition coefficient (Wildman–Crippen LogP) is 2.05. The molecule has 1 aliphatic carbocycles. The summed E-state index contributed by atoms with van der Waals surface area (Å²) < 4.78 is 5.06. The Hall–Kier alpha value is -1.87. The lowest BCUT2D eigenvalue weighted by atomic mass is 9.87. The molecule has 0 saturated heterocycles. The number of aliphatic hydroxyl groups is 1. The fraction of sp³-hybridized carbons (Fsp3) is 0.267. The predicted molar refractivity (Wildman–Crippen MR) is 69.6 cm³/mol. The molecule has 0 unspecified atom stereocenters. The quantitative estimate of drug-likeness (QED) is 0.881. The first kappa shape index (κ1) is 12.6. The van der Waals surface area contributed by atoms with Crippen molar-refractivity contribution in [2.45, 2.75) is 18.4 Å². The van der Waals surface area contributed by atoms with Crippen molar-refractivity contribution in [3.63, 3.8) is 0 Å². The number of allylic oxidation sites excluding steroid dienone is 2. The second-order valence-electron chi connectivity index (χ2n) is 4.36. The number of carbonyl (C=O) groups excluding carboxylic acids is 1. The summed E-state index contributed by atoms with van der Waals surface area (Å²) in [5, 5.41) is 10.2. The van der Waals surface area contributed by atoms with E-state index in [4.69, 9.17) is 4.74 Å². The molecule has 3 nitrogen and oxygen atoms in total. The van der Waals surface area contributed by atoms with Gasteiger partial charge < -0.3 is 9.84 Å². The van der Waals surface area contributed by atoms with Gasteiger partial charge >= 0.3 is 0 Å². The monoisotopic (exact) mass is 244 g/mol. The molecule has 0 fully saturated rings. The van der Waals surface area contributed by atoms with Crippen molar-refractivity contribution in [1.82, 2.24) is 0 Å². The molecule has 0 aromatic heterocycles. The maximum absolute atomic E-state index is 12.1. The molecule has 0 aliphatic heterocycles. The van der Waals surface area contributed by atoms with Crippen LogP contribution in [0.5, 0.6) is 5.75 Å². The third-order valence-corrected chi connectivity index (χ3v) is 3.05. The summed E-state index contributed by atoms with van der Waals surface area (Å²) >= 11 is 0. The van der Waals surface area contributed by atoms with Gasteiger partial charge in [0.2, 0.25) is 0 Å². The zero-order chi connectivity index (χ0) is 13.0. The van der Waals surface area contributed by atoms with Crippen molar-refractivity contribution in [1.29, 1.82) is 0 Å². The van der Waals surface area contributed by atoms with Crippen LogP contribution in [0.25, 0.3) is 0 Å². The van der Waals surface area contributed by atoms with Gasteiger partial charge in [-0.25, -0.2) is 0 Å². The Morgan fingerprint density at radius 1 is 1.33 bits per heavy atom. The first-order valence-corrected chi connectivity index (χ1v) is 5.87. The van der Waals surface area contributed by atoms with E-state index in [1.165, 1.54) is 0 Å². The second-order valence-corrected chi connectivity index (χ2v) is 4.36. The Bertz CT molecular complexity index is 485. The van der Waals surface area contributed by atoms with E-state index in [-0.39, 0.29) is 12.2 Å². The minimum atomic E-state index is -1.35. The number of benzene rings is 1. The third kappa shape index (κ3) is 2.68. The van der Waals surface area contributed by atoms with Crippen LogP contribution in [0.3, 0.4) is 0 Å². The molecule has 1 aromatic rings. The van der Waals surface area contributed by atoms with Crippen LogP contribution in [0.1, 0.15) is 12.0 Å². The van der Waals surface area contributed by atoms with Gasteiger partial charge in [0.1, 0.15) is 11.4 Å². The fourth-order valence-electron chi connectivity index (χ4n) is 1.90. The summed E-state index contributed by atoms with van der Waals surface area (Å²) in [4.78, 5) is 12.1. The number of ketones is 1. The lowest BCUT2D eigenvalue weighted by Gasteiger charge is -2.23. The van der Waals surface area contributed by atoms with E-state index in [1.807, 2.05) is 30.3 Å². The summed E-state index contributed by atoms with van der Waals surface area (Å²) in [7, 11) is 1.60. The zero-order valence-corrected chi connectivity index (χ0v) is 10.3. The molecule has 94 valence electrons. The van der Waals surface area contributed by atoms with Gasteiger partial charge in [0.25, 0.3) is 0 Å². The number of ether oxygens (including phenoxy) is 1. The van der Waals surface area contributed by atoms with Crippen LogP contribution < -0.4 is 4.74 Å². The lowest BCUT2D eigenvalue weighted by molar-refractivity contribution is -0.132. The summed E-state index contributed by atoms with van der Waals surface area (Å²) in [5.41, 5.74) is -0.480. The van der Waals surface area contributed by atoms with Gasteiger partial charge in [0, 0.05) is 12.8 Å². The highest BCUT2D eigenvalue weighted by Gasteiger charge is 2.32. The fourth-order valence-corrected chi connectivity index (χ4v) is 1.90. The van der Waals surface area contributed by atoms with E-state index >= 15 is 0 Å². The van der Waals surface area contributed by atoms with Crippen LogP contribution in [-0.2, 0) is 11.2 Å². The zero-order valence-electron chi connectivity index (χ0n) is 10.3. The van der Waals surface area contributed by atoms with Crippen LogP contribution in [0.15, 0.2) is 48.6 Å².